The molecule has 0 radical (unpaired) electrons. The molecule has 380 valence electrons. The standard InChI is InChI=1S/C53H60N12O8/c1-31-27-70-19-17-64(31)47-36-8-10-41(57-45(36)58-50(60-47)62-15-21-72-52(29-62)13-14-52)34-6-12-43(69-4)39(24-34)49(67)55-26-35-25-53(35)30-63(16-22-73-53)51-59-46-37(48(61-51)65-18-20-71-28-32(65)2)7-9-40(56-46)33-5-11-42(68-3)38(23-33)44(54)66/h5-12,23-24,31-32,35H,13-22,25-30H2,1-4H3,(H2,54,66)(H,55,67)/t31-,32-,35?,53?/m0/s1. The molecule has 6 fully saturated rings. The fourth-order valence-corrected chi connectivity index (χ4v) is 10.9. The number of amides is 2. The van der Waals surface area contributed by atoms with Crippen LogP contribution in [0.25, 0.3) is 44.6 Å². The van der Waals surface area contributed by atoms with Crippen molar-refractivity contribution in [3.63, 3.8) is 0 Å². The second-order valence-electron chi connectivity index (χ2n) is 20.2. The van der Waals surface area contributed by atoms with Gasteiger partial charge in [0.1, 0.15) is 23.1 Å². The van der Waals surface area contributed by atoms with Gasteiger partial charge in [-0.15, -0.1) is 0 Å². The lowest BCUT2D eigenvalue weighted by Crippen LogP contribution is -2.47. The average molecular weight is 993 g/mol. The van der Waals surface area contributed by atoms with Gasteiger partial charge < -0.3 is 59.1 Å². The molecule has 8 heterocycles. The maximum Gasteiger partial charge on any atom is 0.255 e. The van der Waals surface area contributed by atoms with Gasteiger partial charge in [-0.25, -0.2) is 9.97 Å². The molecule has 4 saturated heterocycles. The van der Waals surface area contributed by atoms with Crippen molar-refractivity contribution >= 4 is 57.4 Å². The van der Waals surface area contributed by atoms with Gasteiger partial charge in [0.15, 0.2) is 11.3 Å². The van der Waals surface area contributed by atoms with E-state index < -0.39 is 11.5 Å². The Kier molecular flexibility index (Phi) is 12.1. The summed E-state index contributed by atoms with van der Waals surface area (Å²) >= 11 is 0. The lowest BCUT2D eigenvalue weighted by Gasteiger charge is -2.37. The molecule has 6 aliphatic rings. The van der Waals surface area contributed by atoms with Crippen LogP contribution >= 0.6 is 0 Å². The van der Waals surface area contributed by atoms with Crippen LogP contribution in [-0.4, -0.2) is 165 Å². The van der Waals surface area contributed by atoms with Crippen molar-refractivity contribution in [2.24, 2.45) is 11.7 Å². The Bertz CT molecular complexity index is 3140. The molecule has 73 heavy (non-hydrogen) atoms. The van der Waals surface area contributed by atoms with Gasteiger partial charge >= 0.3 is 0 Å². The maximum atomic E-state index is 14.2. The molecular weight excluding hydrogens is 933 g/mol. The molecule has 2 unspecified atom stereocenters. The normalized spacial score (nSPS) is 23.5. The van der Waals surface area contributed by atoms with Crippen LogP contribution < -0.4 is 40.1 Å². The van der Waals surface area contributed by atoms with Crippen LogP contribution in [-0.2, 0) is 18.9 Å². The van der Waals surface area contributed by atoms with E-state index in [4.69, 9.17) is 64.1 Å². The van der Waals surface area contributed by atoms with Crippen LogP contribution in [0.3, 0.4) is 0 Å². The number of primary amides is 1. The fourth-order valence-electron chi connectivity index (χ4n) is 10.9. The number of fused-ring (bicyclic) bond motifs is 2. The molecule has 2 amide bonds. The zero-order chi connectivity index (χ0) is 50.0. The summed E-state index contributed by atoms with van der Waals surface area (Å²) in [5.41, 5.74) is 9.65. The summed E-state index contributed by atoms with van der Waals surface area (Å²) in [4.78, 5) is 66.2. The van der Waals surface area contributed by atoms with Gasteiger partial charge in [0.2, 0.25) is 11.9 Å². The summed E-state index contributed by atoms with van der Waals surface area (Å²) in [6, 6.07) is 18.9. The first kappa shape index (κ1) is 47.0. The number of aromatic nitrogens is 6. The molecule has 2 aromatic carbocycles. The summed E-state index contributed by atoms with van der Waals surface area (Å²) in [6.45, 7) is 12.1. The zero-order valence-electron chi connectivity index (χ0n) is 41.6. The number of nitrogens with two attached hydrogens (primary N) is 1. The number of hydrogen-bond acceptors (Lipinski definition) is 18. The highest BCUT2D eigenvalue weighted by Crippen LogP contribution is 2.49. The summed E-state index contributed by atoms with van der Waals surface area (Å²) in [6.07, 6.45) is 2.84. The zero-order valence-corrected chi connectivity index (χ0v) is 41.6. The Labute approximate surface area is 422 Å². The van der Waals surface area contributed by atoms with Crippen LogP contribution in [0.15, 0.2) is 60.7 Å². The van der Waals surface area contributed by atoms with Gasteiger partial charge in [0.25, 0.3) is 11.8 Å². The first-order valence-electron chi connectivity index (χ1n) is 25.3. The predicted octanol–water partition coefficient (Wildman–Crippen LogP) is 4.66. The highest BCUT2D eigenvalue weighted by molar-refractivity contribution is 5.99. The number of rotatable bonds is 12. The number of ether oxygens (including phenoxy) is 6. The number of pyridine rings is 2. The first-order valence-corrected chi connectivity index (χ1v) is 25.3. The molecule has 20 nitrogen and oxygen atoms in total. The SMILES string of the molecule is COc1ccc(-c2ccc3c(N4CCOC[C@@H]4C)nc(N4CCOC5(CC5CNC(=O)c5cc(-c6ccc7c(N8CCOC[C@@H]8C)nc(N8CCOC9(CC9)C8)nc7n6)ccc5OC)C4)nc3n2)cc1C(N)=O. The molecule has 20 heteroatoms. The second kappa shape index (κ2) is 18.8. The van der Waals surface area contributed by atoms with E-state index >= 15 is 0 Å². The summed E-state index contributed by atoms with van der Waals surface area (Å²) < 4.78 is 35.4. The molecule has 6 aromatic rings. The minimum atomic E-state index is -0.593. The molecule has 2 saturated carbocycles. The molecule has 2 aliphatic carbocycles. The number of morpholine rings is 4. The maximum absolute atomic E-state index is 14.2. The topological polar surface area (TPSA) is 218 Å². The smallest absolute Gasteiger partial charge is 0.255 e. The van der Waals surface area contributed by atoms with Gasteiger partial charge in [-0.3, -0.25) is 9.59 Å². The van der Waals surface area contributed by atoms with Gasteiger partial charge in [0, 0.05) is 56.3 Å². The quantitative estimate of drug-likeness (QED) is 0.170. The largest absolute Gasteiger partial charge is 0.496 e. The van der Waals surface area contributed by atoms with Crippen LogP contribution in [0.4, 0.5) is 23.5 Å². The van der Waals surface area contributed by atoms with Crippen molar-refractivity contribution in [1.29, 1.82) is 0 Å². The number of benzene rings is 2. The summed E-state index contributed by atoms with van der Waals surface area (Å²) in [7, 11) is 3.07. The third-order valence-corrected chi connectivity index (χ3v) is 15.4. The predicted molar refractivity (Wildman–Crippen MR) is 274 cm³/mol. The lowest BCUT2D eigenvalue weighted by molar-refractivity contribution is 0.00822. The van der Waals surface area contributed by atoms with Crippen molar-refractivity contribution in [3.05, 3.63) is 71.8 Å². The Morgan fingerprint density at radius 1 is 0.671 bits per heavy atom. The molecule has 12 rings (SSSR count). The van der Waals surface area contributed by atoms with Crippen molar-refractivity contribution in [2.45, 2.75) is 56.4 Å². The number of carbonyl (C=O) groups is 2. The van der Waals surface area contributed by atoms with Crippen molar-refractivity contribution < 1.29 is 38.0 Å². The minimum Gasteiger partial charge on any atom is -0.496 e. The number of nitrogens with zero attached hydrogens (tertiary/aromatic N) is 10. The average Bonchev–Trinajstić information content (AvgIpc) is 4.34. The van der Waals surface area contributed by atoms with Gasteiger partial charge in [-0.05, 0) is 93.8 Å². The van der Waals surface area contributed by atoms with E-state index in [1.54, 1.807) is 19.2 Å². The highest BCUT2D eigenvalue weighted by Gasteiger charge is 2.58. The Hall–Kier alpha value is -7.00. The Balaban J connectivity index is 0.786. The molecular formula is C53H60N12O8. The van der Waals surface area contributed by atoms with E-state index in [1.807, 2.05) is 48.5 Å². The summed E-state index contributed by atoms with van der Waals surface area (Å²) in [5, 5.41) is 4.88. The number of carbonyl (C=O) groups excluding carboxylic acids is 2. The van der Waals surface area contributed by atoms with E-state index in [9.17, 15) is 9.59 Å². The van der Waals surface area contributed by atoms with E-state index in [2.05, 4.69) is 38.8 Å². The fraction of sp³-hybridized carbons (Fsp3) is 0.472. The molecule has 4 atom stereocenters. The molecule has 4 aliphatic heterocycles. The van der Waals surface area contributed by atoms with E-state index in [0.29, 0.717) is 136 Å². The van der Waals surface area contributed by atoms with Crippen molar-refractivity contribution in [3.8, 4) is 34.0 Å². The first-order chi connectivity index (χ1) is 35.5. The lowest BCUT2D eigenvalue weighted by atomic mass is 10.0. The number of hydrogen-bond donors (Lipinski definition) is 2. The third-order valence-electron chi connectivity index (χ3n) is 15.4. The van der Waals surface area contributed by atoms with Crippen molar-refractivity contribution in [2.75, 3.05) is 119 Å². The van der Waals surface area contributed by atoms with E-state index in [-0.39, 0.29) is 35.1 Å². The highest BCUT2D eigenvalue weighted by atomic mass is 16.5. The summed E-state index contributed by atoms with van der Waals surface area (Å²) in [5.74, 6) is 2.86. The molecule has 0 bridgehead atoms. The number of anilines is 4. The van der Waals surface area contributed by atoms with Gasteiger partial charge in [0.05, 0.1) is 117 Å². The number of methoxy groups -OCH3 is 2. The number of nitrogens with one attached hydrogen (secondary N) is 1. The van der Waals surface area contributed by atoms with Crippen molar-refractivity contribution in [1.82, 2.24) is 35.2 Å². The van der Waals surface area contributed by atoms with Gasteiger partial charge in [-0.1, -0.05) is 0 Å². The molecule has 4 aromatic heterocycles. The van der Waals surface area contributed by atoms with Gasteiger partial charge in [-0.2, -0.15) is 19.9 Å². The van der Waals surface area contributed by atoms with Crippen LogP contribution in [0.1, 0.15) is 53.8 Å². The van der Waals surface area contributed by atoms with Crippen LogP contribution in [0, 0.1) is 5.92 Å². The van der Waals surface area contributed by atoms with Crippen LogP contribution in [0.2, 0.25) is 0 Å². The van der Waals surface area contributed by atoms with E-state index in [1.165, 1.54) is 7.11 Å². The second-order valence-corrected chi connectivity index (χ2v) is 20.2. The molecule has 2 spiro atoms. The molecule has 3 N–H and O–H groups in total. The Morgan fingerprint density at radius 3 is 1.77 bits per heavy atom. The monoisotopic (exact) mass is 992 g/mol. The third kappa shape index (κ3) is 8.93. The van der Waals surface area contributed by atoms with E-state index in [0.717, 1.165) is 53.8 Å². The minimum absolute atomic E-state index is 0.0487. The van der Waals surface area contributed by atoms with Crippen LogP contribution in [0.5, 0.6) is 11.5 Å². The Morgan fingerprint density at radius 2 is 1.22 bits per heavy atom.